The van der Waals surface area contributed by atoms with Crippen molar-refractivity contribution >= 4 is 0 Å². The predicted octanol–water partition coefficient (Wildman–Crippen LogP) is 5.08. The summed E-state index contributed by atoms with van der Waals surface area (Å²) in [7, 11) is 0. The lowest BCUT2D eigenvalue weighted by molar-refractivity contribution is -0.0258. The summed E-state index contributed by atoms with van der Waals surface area (Å²) in [5.41, 5.74) is 0. The zero-order chi connectivity index (χ0) is 11.6. The molecule has 0 N–H and O–H groups in total. The highest BCUT2D eigenvalue weighted by molar-refractivity contribution is 4.66. The maximum absolute atomic E-state index is 6.27. The first-order valence-corrected chi connectivity index (χ1v) is 7.52. The third-order valence-corrected chi connectivity index (χ3v) is 3.77. The summed E-state index contributed by atoms with van der Waals surface area (Å²) in [6.07, 6.45) is 15.9. The Hall–Kier alpha value is -0.0400. The van der Waals surface area contributed by atoms with Crippen molar-refractivity contribution in [3.05, 3.63) is 0 Å². The molecular weight excluding hydrogens is 196 g/mol. The first-order chi connectivity index (χ1) is 7.86. The van der Waals surface area contributed by atoms with E-state index < -0.39 is 0 Å². The highest BCUT2D eigenvalue weighted by Gasteiger charge is 2.16. The van der Waals surface area contributed by atoms with Crippen LogP contribution in [0.25, 0.3) is 0 Å². The van der Waals surface area contributed by atoms with Gasteiger partial charge in [-0.25, -0.2) is 0 Å². The summed E-state index contributed by atoms with van der Waals surface area (Å²) >= 11 is 0. The van der Waals surface area contributed by atoms with E-state index in [1.807, 2.05) is 0 Å². The van der Waals surface area contributed by atoms with Gasteiger partial charge >= 0.3 is 0 Å². The molecule has 2 atom stereocenters. The quantitative estimate of drug-likeness (QED) is 0.594. The van der Waals surface area contributed by atoms with Crippen molar-refractivity contribution in [3.8, 4) is 0 Å². The molecule has 1 aliphatic heterocycles. The second-order valence-electron chi connectivity index (χ2n) is 5.28. The van der Waals surface area contributed by atoms with Crippen LogP contribution in [0.15, 0.2) is 0 Å². The normalized spacial score (nSPS) is 28.1. The Labute approximate surface area is 102 Å². The summed E-state index contributed by atoms with van der Waals surface area (Å²) in [6, 6.07) is 0. The molecule has 0 spiro atoms. The lowest BCUT2D eigenvalue weighted by atomic mass is 10.0. The number of ether oxygens (including phenoxy) is 1. The molecule has 0 aliphatic carbocycles. The molecule has 1 heterocycles. The fourth-order valence-electron chi connectivity index (χ4n) is 2.64. The van der Waals surface area contributed by atoms with E-state index in [0.717, 1.165) is 0 Å². The molecule has 0 saturated carbocycles. The molecule has 1 nitrogen and oxygen atoms in total. The van der Waals surface area contributed by atoms with E-state index in [1.54, 1.807) is 0 Å². The van der Waals surface area contributed by atoms with E-state index in [0.29, 0.717) is 12.2 Å². The Balaban J connectivity index is 2.31. The summed E-state index contributed by atoms with van der Waals surface area (Å²) in [4.78, 5) is 0. The van der Waals surface area contributed by atoms with Crippen LogP contribution in [0.2, 0.25) is 0 Å². The van der Waals surface area contributed by atoms with Crippen LogP contribution >= 0.6 is 0 Å². The smallest absolute Gasteiger partial charge is 0.0578 e. The molecule has 1 heteroatoms. The third-order valence-electron chi connectivity index (χ3n) is 3.77. The molecule has 1 saturated heterocycles. The summed E-state index contributed by atoms with van der Waals surface area (Å²) in [6.45, 7) is 4.55. The van der Waals surface area contributed by atoms with Gasteiger partial charge < -0.3 is 4.74 Å². The SMILES string of the molecule is CCCCCC1CCCCCCC(CC)O1. The van der Waals surface area contributed by atoms with E-state index in [9.17, 15) is 0 Å². The third kappa shape index (κ3) is 5.89. The predicted molar refractivity (Wildman–Crippen MR) is 70.8 cm³/mol. The molecule has 2 unspecified atom stereocenters. The van der Waals surface area contributed by atoms with Crippen LogP contribution in [-0.2, 0) is 4.74 Å². The van der Waals surface area contributed by atoms with Crippen molar-refractivity contribution in [2.75, 3.05) is 0 Å². The van der Waals surface area contributed by atoms with Crippen LogP contribution in [-0.4, -0.2) is 12.2 Å². The average Bonchev–Trinajstić information content (AvgIpc) is 2.41. The van der Waals surface area contributed by atoms with Gasteiger partial charge in [0, 0.05) is 0 Å². The monoisotopic (exact) mass is 226 g/mol. The average molecular weight is 226 g/mol. The highest BCUT2D eigenvalue weighted by Crippen LogP contribution is 2.22. The molecule has 0 aromatic carbocycles. The topological polar surface area (TPSA) is 9.23 Å². The lowest BCUT2D eigenvalue weighted by Gasteiger charge is -2.23. The van der Waals surface area contributed by atoms with Crippen LogP contribution in [0.3, 0.4) is 0 Å². The van der Waals surface area contributed by atoms with Gasteiger partial charge in [0.2, 0.25) is 0 Å². The Morgan fingerprint density at radius 3 is 2.19 bits per heavy atom. The Bertz CT molecular complexity index is 156. The molecule has 1 rings (SSSR count). The zero-order valence-corrected chi connectivity index (χ0v) is 11.3. The fourth-order valence-corrected chi connectivity index (χ4v) is 2.64. The van der Waals surface area contributed by atoms with Crippen molar-refractivity contribution in [1.82, 2.24) is 0 Å². The largest absolute Gasteiger partial charge is 0.375 e. The van der Waals surface area contributed by atoms with Gasteiger partial charge in [-0.05, 0) is 25.7 Å². The molecule has 0 aromatic rings. The Morgan fingerprint density at radius 2 is 1.56 bits per heavy atom. The van der Waals surface area contributed by atoms with Crippen molar-refractivity contribution in [1.29, 1.82) is 0 Å². The molecule has 1 aliphatic rings. The van der Waals surface area contributed by atoms with E-state index >= 15 is 0 Å². The first-order valence-electron chi connectivity index (χ1n) is 7.52. The van der Waals surface area contributed by atoms with Gasteiger partial charge in [-0.3, -0.25) is 0 Å². The summed E-state index contributed by atoms with van der Waals surface area (Å²) in [5, 5.41) is 0. The van der Waals surface area contributed by atoms with Crippen LogP contribution in [0, 0.1) is 0 Å². The molecule has 1 fully saturated rings. The molecular formula is C15H30O. The van der Waals surface area contributed by atoms with E-state index in [2.05, 4.69) is 13.8 Å². The highest BCUT2D eigenvalue weighted by atomic mass is 16.5. The van der Waals surface area contributed by atoms with Gasteiger partial charge in [0.05, 0.1) is 12.2 Å². The maximum Gasteiger partial charge on any atom is 0.0578 e. The molecule has 0 bridgehead atoms. The van der Waals surface area contributed by atoms with Gasteiger partial charge in [0.15, 0.2) is 0 Å². The van der Waals surface area contributed by atoms with E-state index in [1.165, 1.54) is 70.6 Å². The van der Waals surface area contributed by atoms with Gasteiger partial charge in [-0.2, -0.15) is 0 Å². The van der Waals surface area contributed by atoms with Gasteiger partial charge in [-0.1, -0.05) is 58.8 Å². The number of rotatable bonds is 5. The second-order valence-corrected chi connectivity index (χ2v) is 5.28. The molecule has 96 valence electrons. The van der Waals surface area contributed by atoms with Crippen LogP contribution < -0.4 is 0 Å². The van der Waals surface area contributed by atoms with Gasteiger partial charge in [-0.15, -0.1) is 0 Å². The molecule has 0 radical (unpaired) electrons. The minimum Gasteiger partial charge on any atom is -0.375 e. The maximum atomic E-state index is 6.27. The molecule has 0 amide bonds. The Morgan fingerprint density at radius 1 is 0.875 bits per heavy atom. The van der Waals surface area contributed by atoms with Crippen molar-refractivity contribution in [3.63, 3.8) is 0 Å². The van der Waals surface area contributed by atoms with Crippen molar-refractivity contribution in [2.24, 2.45) is 0 Å². The zero-order valence-electron chi connectivity index (χ0n) is 11.3. The first kappa shape index (κ1) is 14.0. The number of unbranched alkanes of at least 4 members (excludes halogenated alkanes) is 2. The second kappa shape index (κ2) is 9.04. The number of hydrogen-bond acceptors (Lipinski definition) is 1. The standard InChI is InChI=1S/C15H30O/c1-3-5-8-12-15-13-10-7-6-9-11-14(4-2)16-15/h14-15H,3-13H2,1-2H3. The van der Waals surface area contributed by atoms with E-state index in [-0.39, 0.29) is 0 Å². The molecule has 0 aromatic heterocycles. The van der Waals surface area contributed by atoms with Gasteiger partial charge in [0.25, 0.3) is 0 Å². The number of hydrogen-bond donors (Lipinski definition) is 0. The Kier molecular flexibility index (Phi) is 7.92. The van der Waals surface area contributed by atoms with Crippen molar-refractivity contribution in [2.45, 2.75) is 96.7 Å². The summed E-state index contributed by atoms with van der Waals surface area (Å²) in [5.74, 6) is 0. The molecule has 16 heavy (non-hydrogen) atoms. The minimum atomic E-state index is 0.546. The van der Waals surface area contributed by atoms with Crippen molar-refractivity contribution < 1.29 is 4.74 Å². The lowest BCUT2D eigenvalue weighted by Crippen LogP contribution is -2.21. The minimum absolute atomic E-state index is 0.546. The van der Waals surface area contributed by atoms with Crippen LogP contribution in [0.4, 0.5) is 0 Å². The van der Waals surface area contributed by atoms with E-state index in [4.69, 9.17) is 4.74 Å². The van der Waals surface area contributed by atoms with Crippen LogP contribution in [0.1, 0.15) is 84.5 Å². The summed E-state index contributed by atoms with van der Waals surface area (Å²) < 4.78 is 6.27. The van der Waals surface area contributed by atoms with Crippen LogP contribution in [0.5, 0.6) is 0 Å². The fraction of sp³-hybridized carbons (Fsp3) is 1.00. The van der Waals surface area contributed by atoms with Gasteiger partial charge in [0.1, 0.15) is 0 Å².